The van der Waals surface area contributed by atoms with Crippen molar-refractivity contribution >= 4 is 35.2 Å². The molecule has 0 N–H and O–H groups in total. The molecule has 0 saturated heterocycles. The summed E-state index contributed by atoms with van der Waals surface area (Å²) in [7, 11) is -0.994. The first-order valence-corrected chi connectivity index (χ1v) is 10.3. The number of thiophene rings is 2. The topological polar surface area (TPSA) is 0 Å². The normalized spacial score (nSPS) is 10.7. The van der Waals surface area contributed by atoms with Gasteiger partial charge in [-0.05, 0) is 28.3 Å². The monoisotopic (exact) mass is 254 g/mol. The van der Waals surface area contributed by atoms with E-state index in [9.17, 15) is 0 Å². The number of hydrogen-bond donors (Lipinski definition) is 0. The van der Waals surface area contributed by atoms with Crippen molar-refractivity contribution in [3.63, 3.8) is 0 Å². The number of hydrogen-bond acceptors (Lipinski definition) is 2. The minimum atomic E-state index is -0.994. The summed E-state index contributed by atoms with van der Waals surface area (Å²) >= 11 is 3.67. The Kier molecular flexibility index (Phi) is 4.76. The number of aryl methyl sites for hydroxylation is 1. The third kappa shape index (κ3) is 4.78. The van der Waals surface area contributed by atoms with Crippen LogP contribution in [0, 0.1) is 6.92 Å². The summed E-state index contributed by atoms with van der Waals surface area (Å²) in [5, 5.41) is 4.08. The van der Waals surface area contributed by atoms with Gasteiger partial charge in [0.05, 0.1) is 8.07 Å². The summed E-state index contributed by atoms with van der Waals surface area (Å²) in [6.07, 6.45) is 0. The summed E-state index contributed by atoms with van der Waals surface area (Å²) in [6, 6.07) is 8.54. The van der Waals surface area contributed by atoms with Crippen LogP contribution in [-0.2, 0) is 0 Å². The van der Waals surface area contributed by atoms with Gasteiger partial charge in [-0.2, -0.15) is 22.7 Å². The molecule has 0 fully saturated rings. The molecule has 3 heteroatoms. The zero-order valence-corrected chi connectivity index (χ0v) is 12.4. The molecule has 0 spiro atoms. The van der Waals surface area contributed by atoms with Crippen LogP contribution in [0.4, 0.5) is 0 Å². The first-order valence-electron chi connectivity index (χ1n) is 5.04. The first kappa shape index (κ1) is 12.7. The SMILES string of the molecule is Cc1ccc([Si](C)(C)C)s1.c1ccsc1. The van der Waals surface area contributed by atoms with Crippen LogP contribution in [0.1, 0.15) is 4.88 Å². The van der Waals surface area contributed by atoms with Crippen LogP contribution in [0.2, 0.25) is 19.6 Å². The molecule has 0 radical (unpaired) electrons. The van der Waals surface area contributed by atoms with Gasteiger partial charge in [0, 0.05) is 4.88 Å². The van der Waals surface area contributed by atoms with Gasteiger partial charge in [-0.15, -0.1) is 0 Å². The lowest BCUT2D eigenvalue weighted by molar-refractivity contribution is 1.64. The molecule has 2 heterocycles. The summed E-state index contributed by atoms with van der Waals surface area (Å²) in [6.45, 7) is 9.34. The highest BCUT2D eigenvalue weighted by Crippen LogP contribution is 2.11. The second kappa shape index (κ2) is 5.63. The molecule has 0 nitrogen and oxygen atoms in total. The Morgan fingerprint density at radius 1 is 1.00 bits per heavy atom. The van der Waals surface area contributed by atoms with Gasteiger partial charge in [0.25, 0.3) is 0 Å². The van der Waals surface area contributed by atoms with Gasteiger partial charge in [-0.3, -0.25) is 0 Å². The van der Waals surface area contributed by atoms with Crippen molar-refractivity contribution in [1.82, 2.24) is 0 Å². The van der Waals surface area contributed by atoms with Crippen molar-refractivity contribution in [3.8, 4) is 0 Å². The minimum absolute atomic E-state index is 0.994. The fourth-order valence-electron chi connectivity index (χ4n) is 1.06. The highest BCUT2D eigenvalue weighted by Gasteiger charge is 2.17. The molecule has 15 heavy (non-hydrogen) atoms. The van der Waals surface area contributed by atoms with E-state index < -0.39 is 8.07 Å². The third-order valence-electron chi connectivity index (χ3n) is 1.90. The summed E-state index contributed by atoms with van der Waals surface area (Å²) in [4.78, 5) is 1.44. The highest BCUT2D eigenvalue weighted by atomic mass is 32.1. The molecule has 0 aliphatic rings. The van der Waals surface area contributed by atoms with Crippen LogP contribution in [0.15, 0.2) is 35.0 Å². The lowest BCUT2D eigenvalue weighted by Crippen LogP contribution is -2.34. The van der Waals surface area contributed by atoms with Crippen molar-refractivity contribution in [3.05, 3.63) is 39.9 Å². The van der Waals surface area contributed by atoms with Crippen LogP contribution >= 0.6 is 22.7 Å². The van der Waals surface area contributed by atoms with Gasteiger partial charge < -0.3 is 0 Å². The molecule has 0 saturated carbocycles. The standard InChI is InChI=1S/C8H14SSi.C4H4S/c1-7-5-6-8(9-7)10(2,3)4;1-2-4-5-3-1/h5-6H,1-4H3;1-4H. The second-order valence-electron chi connectivity index (χ2n) is 4.45. The van der Waals surface area contributed by atoms with Crippen LogP contribution < -0.4 is 4.50 Å². The van der Waals surface area contributed by atoms with Gasteiger partial charge in [0.2, 0.25) is 0 Å². The molecule has 0 amide bonds. The Bertz CT molecular complexity index is 351. The van der Waals surface area contributed by atoms with Crippen molar-refractivity contribution in [2.24, 2.45) is 0 Å². The second-order valence-corrected chi connectivity index (χ2v) is 12.0. The Labute approximate surface area is 102 Å². The Morgan fingerprint density at radius 3 is 1.80 bits per heavy atom. The van der Waals surface area contributed by atoms with Gasteiger partial charge in [-0.1, -0.05) is 37.8 Å². The van der Waals surface area contributed by atoms with Crippen LogP contribution in [0.5, 0.6) is 0 Å². The fraction of sp³-hybridized carbons (Fsp3) is 0.333. The van der Waals surface area contributed by atoms with E-state index in [1.807, 2.05) is 34.2 Å². The highest BCUT2D eigenvalue weighted by molar-refractivity contribution is 7.26. The molecule has 0 unspecified atom stereocenters. The van der Waals surface area contributed by atoms with E-state index in [0.29, 0.717) is 0 Å². The van der Waals surface area contributed by atoms with Gasteiger partial charge in [0.1, 0.15) is 0 Å². The molecule has 0 aliphatic heterocycles. The average molecular weight is 254 g/mol. The van der Waals surface area contributed by atoms with Crippen LogP contribution in [0.3, 0.4) is 0 Å². The molecule has 0 atom stereocenters. The predicted octanol–water partition coefficient (Wildman–Crippen LogP) is 4.35. The zero-order valence-electron chi connectivity index (χ0n) is 9.78. The maximum absolute atomic E-state index is 2.39. The smallest absolute Gasteiger partial charge is 0.0904 e. The van der Waals surface area contributed by atoms with E-state index in [-0.39, 0.29) is 0 Å². The summed E-state index contributed by atoms with van der Waals surface area (Å²) in [5.74, 6) is 0. The van der Waals surface area contributed by atoms with E-state index in [2.05, 4.69) is 38.7 Å². The predicted molar refractivity (Wildman–Crippen MR) is 76.4 cm³/mol. The quantitative estimate of drug-likeness (QED) is 0.664. The van der Waals surface area contributed by atoms with Gasteiger partial charge in [0.15, 0.2) is 0 Å². The maximum Gasteiger partial charge on any atom is 0.0904 e. The van der Waals surface area contributed by atoms with E-state index in [1.54, 1.807) is 15.8 Å². The molecule has 2 aromatic heterocycles. The fourth-order valence-corrected chi connectivity index (χ4v) is 4.43. The average Bonchev–Trinajstić information content (AvgIpc) is 2.72. The maximum atomic E-state index is 2.39. The lowest BCUT2D eigenvalue weighted by atomic mass is 10.5. The Morgan fingerprint density at radius 2 is 1.60 bits per heavy atom. The molecule has 2 rings (SSSR count). The summed E-state index contributed by atoms with van der Waals surface area (Å²) in [5.41, 5.74) is 0. The lowest BCUT2D eigenvalue weighted by Gasteiger charge is -2.11. The number of rotatable bonds is 1. The Hall–Kier alpha value is -0.383. The largest absolute Gasteiger partial charge is 0.152 e. The van der Waals surface area contributed by atoms with E-state index >= 15 is 0 Å². The van der Waals surface area contributed by atoms with E-state index in [0.717, 1.165) is 0 Å². The molecule has 0 aliphatic carbocycles. The van der Waals surface area contributed by atoms with Crippen molar-refractivity contribution in [1.29, 1.82) is 0 Å². The third-order valence-corrected chi connectivity index (χ3v) is 7.14. The van der Waals surface area contributed by atoms with Crippen LogP contribution in [0.25, 0.3) is 0 Å². The molecule has 82 valence electrons. The van der Waals surface area contributed by atoms with Crippen LogP contribution in [-0.4, -0.2) is 8.07 Å². The van der Waals surface area contributed by atoms with Crippen molar-refractivity contribution in [2.75, 3.05) is 0 Å². The van der Waals surface area contributed by atoms with Gasteiger partial charge >= 0.3 is 0 Å². The van der Waals surface area contributed by atoms with E-state index in [4.69, 9.17) is 0 Å². The van der Waals surface area contributed by atoms with Crippen molar-refractivity contribution in [2.45, 2.75) is 26.6 Å². The molecule has 2 aromatic rings. The van der Waals surface area contributed by atoms with Gasteiger partial charge in [-0.25, -0.2) is 0 Å². The summed E-state index contributed by atoms with van der Waals surface area (Å²) < 4.78 is 1.62. The Balaban J connectivity index is 0.000000187. The molecule has 0 bridgehead atoms. The first-order chi connectivity index (χ1) is 7.00. The van der Waals surface area contributed by atoms with E-state index in [1.165, 1.54) is 4.88 Å². The minimum Gasteiger partial charge on any atom is -0.152 e. The molecular formula is C12H18S2Si. The van der Waals surface area contributed by atoms with Crippen molar-refractivity contribution < 1.29 is 0 Å². The zero-order chi connectivity index (χ0) is 11.3. The molecule has 0 aromatic carbocycles. The molecular weight excluding hydrogens is 236 g/mol.